The number of anilines is 2. The molecule has 2 aromatic carbocycles. The number of rotatable bonds is 4. The lowest BCUT2D eigenvalue weighted by molar-refractivity contribution is -0.122. The van der Waals surface area contributed by atoms with Crippen molar-refractivity contribution in [2.75, 3.05) is 11.1 Å². The number of hydrogen-bond acceptors (Lipinski definition) is 3. The highest BCUT2D eigenvalue weighted by Gasteiger charge is 2.17. The van der Waals surface area contributed by atoms with Gasteiger partial charge in [0.1, 0.15) is 5.75 Å². The van der Waals surface area contributed by atoms with E-state index in [1.165, 1.54) is 0 Å². The summed E-state index contributed by atoms with van der Waals surface area (Å²) >= 11 is 5.86. The molecular weight excluding hydrogens is 300 g/mol. The first-order valence-electron chi connectivity index (χ1n) is 6.97. The summed E-state index contributed by atoms with van der Waals surface area (Å²) in [6, 6.07) is 10.8. The minimum atomic E-state index is -0.628. The van der Waals surface area contributed by atoms with Gasteiger partial charge in [0, 0.05) is 5.69 Å². The maximum atomic E-state index is 12.2. The van der Waals surface area contributed by atoms with Crippen molar-refractivity contribution in [3.05, 3.63) is 52.5 Å². The van der Waals surface area contributed by atoms with Crippen molar-refractivity contribution in [2.24, 2.45) is 0 Å². The van der Waals surface area contributed by atoms with E-state index in [4.69, 9.17) is 22.1 Å². The Bertz CT molecular complexity index is 681. The van der Waals surface area contributed by atoms with Gasteiger partial charge < -0.3 is 15.8 Å². The van der Waals surface area contributed by atoms with Gasteiger partial charge in [0.15, 0.2) is 6.10 Å². The summed E-state index contributed by atoms with van der Waals surface area (Å²) < 4.78 is 5.79. The molecule has 0 saturated carbocycles. The molecular formula is C17H19ClN2O2. The average Bonchev–Trinajstić information content (AvgIpc) is 2.46. The second-order valence-corrected chi connectivity index (χ2v) is 5.61. The Hall–Kier alpha value is -2.20. The number of nitrogens with two attached hydrogens (primary N) is 1. The molecule has 0 heterocycles. The van der Waals surface area contributed by atoms with Crippen molar-refractivity contribution in [1.29, 1.82) is 0 Å². The van der Waals surface area contributed by atoms with Crippen molar-refractivity contribution in [1.82, 2.24) is 0 Å². The van der Waals surface area contributed by atoms with Gasteiger partial charge in [0.2, 0.25) is 0 Å². The molecule has 0 radical (unpaired) electrons. The molecule has 4 nitrogen and oxygen atoms in total. The van der Waals surface area contributed by atoms with Gasteiger partial charge in [0.05, 0.1) is 10.7 Å². The summed E-state index contributed by atoms with van der Waals surface area (Å²) in [4.78, 5) is 12.2. The quantitative estimate of drug-likeness (QED) is 0.839. The average molecular weight is 319 g/mol. The first kappa shape index (κ1) is 16.2. The Labute approximate surface area is 135 Å². The van der Waals surface area contributed by atoms with E-state index < -0.39 is 6.10 Å². The lowest BCUT2D eigenvalue weighted by Crippen LogP contribution is -2.30. The molecule has 0 spiro atoms. The first-order valence-corrected chi connectivity index (χ1v) is 7.35. The second kappa shape index (κ2) is 6.71. The van der Waals surface area contributed by atoms with Crippen molar-refractivity contribution in [3.63, 3.8) is 0 Å². The van der Waals surface area contributed by atoms with Gasteiger partial charge in [-0.15, -0.1) is 0 Å². The van der Waals surface area contributed by atoms with Crippen molar-refractivity contribution >= 4 is 28.9 Å². The number of hydrogen-bond donors (Lipinski definition) is 2. The van der Waals surface area contributed by atoms with Crippen LogP contribution in [0, 0.1) is 13.8 Å². The third kappa shape index (κ3) is 3.71. The van der Waals surface area contributed by atoms with Gasteiger partial charge in [-0.25, -0.2) is 0 Å². The van der Waals surface area contributed by atoms with Crippen LogP contribution in [-0.4, -0.2) is 12.0 Å². The number of aryl methyl sites for hydroxylation is 2. The fraction of sp³-hybridized carbons (Fsp3) is 0.235. The van der Waals surface area contributed by atoms with Crippen LogP contribution in [0.4, 0.5) is 11.4 Å². The van der Waals surface area contributed by atoms with Crippen LogP contribution in [0.5, 0.6) is 5.75 Å². The molecule has 22 heavy (non-hydrogen) atoms. The lowest BCUT2D eigenvalue weighted by Gasteiger charge is -2.18. The van der Waals surface area contributed by atoms with Gasteiger partial charge in [-0.2, -0.15) is 0 Å². The molecule has 2 aromatic rings. The summed E-state index contributed by atoms with van der Waals surface area (Å²) in [5.74, 6) is 0.491. The molecule has 0 aliphatic rings. The summed E-state index contributed by atoms with van der Waals surface area (Å²) in [5, 5.41) is 3.22. The van der Waals surface area contributed by atoms with Crippen molar-refractivity contribution in [3.8, 4) is 5.75 Å². The van der Waals surface area contributed by atoms with E-state index in [2.05, 4.69) is 5.32 Å². The molecule has 0 aliphatic carbocycles. The van der Waals surface area contributed by atoms with E-state index in [-0.39, 0.29) is 5.91 Å². The molecule has 116 valence electrons. The lowest BCUT2D eigenvalue weighted by atomic mass is 10.1. The molecule has 1 unspecified atom stereocenters. The van der Waals surface area contributed by atoms with E-state index in [1.54, 1.807) is 25.1 Å². The number of nitrogens with one attached hydrogen (secondary N) is 1. The Morgan fingerprint density at radius 2 is 1.86 bits per heavy atom. The van der Waals surface area contributed by atoms with Gasteiger partial charge in [0.25, 0.3) is 5.91 Å². The van der Waals surface area contributed by atoms with E-state index in [1.807, 2.05) is 32.0 Å². The number of halogens is 1. The molecule has 0 fully saturated rings. The molecule has 0 aliphatic heterocycles. The van der Waals surface area contributed by atoms with Crippen LogP contribution >= 0.6 is 11.6 Å². The van der Waals surface area contributed by atoms with Crippen LogP contribution in [0.25, 0.3) is 0 Å². The van der Waals surface area contributed by atoms with Gasteiger partial charge >= 0.3 is 0 Å². The Morgan fingerprint density at radius 3 is 2.45 bits per heavy atom. The number of ether oxygens (including phenoxy) is 1. The minimum Gasteiger partial charge on any atom is -0.480 e. The molecule has 0 aromatic heterocycles. The van der Waals surface area contributed by atoms with E-state index in [9.17, 15) is 4.79 Å². The molecule has 2 rings (SSSR count). The van der Waals surface area contributed by atoms with Crippen LogP contribution in [0.15, 0.2) is 36.4 Å². The molecule has 0 bridgehead atoms. The topological polar surface area (TPSA) is 64.3 Å². The van der Waals surface area contributed by atoms with E-state index >= 15 is 0 Å². The summed E-state index contributed by atoms with van der Waals surface area (Å²) in [6.07, 6.45) is -0.628. The predicted octanol–water partition coefficient (Wildman–Crippen LogP) is 3.95. The third-order valence-electron chi connectivity index (χ3n) is 3.34. The second-order valence-electron chi connectivity index (χ2n) is 5.21. The SMILES string of the molecule is Cc1cccc(C)c1OC(C)C(=O)Nc1ccc(Cl)c(N)c1. The maximum Gasteiger partial charge on any atom is 0.265 e. The molecule has 5 heteroatoms. The van der Waals surface area contributed by atoms with Crippen LogP contribution < -0.4 is 15.8 Å². The van der Waals surface area contributed by atoms with E-state index in [0.717, 1.165) is 16.9 Å². The molecule has 3 N–H and O–H groups in total. The Morgan fingerprint density at radius 1 is 1.23 bits per heavy atom. The number of benzene rings is 2. The molecule has 1 atom stereocenters. The Kier molecular flexibility index (Phi) is 4.93. The smallest absolute Gasteiger partial charge is 0.265 e. The normalized spacial score (nSPS) is 11.8. The monoisotopic (exact) mass is 318 g/mol. The zero-order valence-electron chi connectivity index (χ0n) is 12.8. The number of amides is 1. The third-order valence-corrected chi connectivity index (χ3v) is 3.68. The van der Waals surface area contributed by atoms with Crippen molar-refractivity contribution < 1.29 is 9.53 Å². The highest BCUT2D eigenvalue weighted by Crippen LogP contribution is 2.25. The highest BCUT2D eigenvalue weighted by molar-refractivity contribution is 6.33. The number of para-hydroxylation sites is 1. The fourth-order valence-corrected chi connectivity index (χ4v) is 2.20. The standard InChI is InChI=1S/C17H19ClN2O2/c1-10-5-4-6-11(2)16(10)22-12(3)17(21)20-13-7-8-14(18)15(19)9-13/h4-9,12H,19H2,1-3H3,(H,20,21). The fourth-order valence-electron chi connectivity index (χ4n) is 2.08. The molecule has 0 saturated heterocycles. The number of carbonyl (C=O) groups is 1. The van der Waals surface area contributed by atoms with E-state index in [0.29, 0.717) is 16.4 Å². The Balaban J connectivity index is 2.07. The van der Waals surface area contributed by atoms with Crippen molar-refractivity contribution in [2.45, 2.75) is 26.9 Å². The summed E-state index contributed by atoms with van der Waals surface area (Å²) in [6.45, 7) is 5.61. The highest BCUT2D eigenvalue weighted by atomic mass is 35.5. The largest absolute Gasteiger partial charge is 0.480 e. The summed E-state index contributed by atoms with van der Waals surface area (Å²) in [7, 11) is 0. The zero-order valence-corrected chi connectivity index (χ0v) is 13.6. The van der Waals surface area contributed by atoms with Gasteiger partial charge in [-0.3, -0.25) is 4.79 Å². The van der Waals surface area contributed by atoms with Crippen LogP contribution in [0.1, 0.15) is 18.1 Å². The van der Waals surface area contributed by atoms with Crippen LogP contribution in [0.3, 0.4) is 0 Å². The van der Waals surface area contributed by atoms with Crippen LogP contribution in [0.2, 0.25) is 5.02 Å². The van der Waals surface area contributed by atoms with Gasteiger partial charge in [-0.1, -0.05) is 29.8 Å². The number of nitrogen functional groups attached to an aromatic ring is 1. The summed E-state index contributed by atoms with van der Waals surface area (Å²) in [5.41, 5.74) is 8.72. The first-order chi connectivity index (χ1) is 10.4. The van der Waals surface area contributed by atoms with Crippen LogP contribution in [-0.2, 0) is 4.79 Å². The number of carbonyl (C=O) groups excluding carboxylic acids is 1. The van der Waals surface area contributed by atoms with Gasteiger partial charge in [-0.05, 0) is 50.1 Å². The maximum absolute atomic E-state index is 12.2. The molecule has 1 amide bonds. The zero-order chi connectivity index (χ0) is 16.3. The minimum absolute atomic E-state index is 0.246. The predicted molar refractivity (Wildman–Crippen MR) is 90.5 cm³/mol.